The van der Waals surface area contributed by atoms with Gasteiger partial charge in [0.25, 0.3) is 0 Å². The predicted octanol–water partition coefficient (Wildman–Crippen LogP) is 1.19. The highest BCUT2D eigenvalue weighted by atomic mass is 19.1. The van der Waals surface area contributed by atoms with E-state index in [9.17, 15) is 9.50 Å². The highest BCUT2D eigenvalue weighted by molar-refractivity contribution is 4.89. The lowest BCUT2D eigenvalue weighted by Gasteiger charge is -2.38. The first-order chi connectivity index (χ1) is 5.56. The predicted molar refractivity (Wildman–Crippen MR) is 46.9 cm³/mol. The molecule has 1 N–H and O–H groups in total. The molecular weight excluding hydrogens is 157 g/mol. The van der Waals surface area contributed by atoms with Crippen molar-refractivity contribution in [1.29, 1.82) is 0 Å². The third kappa shape index (κ3) is 2.17. The zero-order chi connectivity index (χ0) is 9.19. The molecule has 0 aromatic carbocycles. The number of rotatable bonds is 2. The van der Waals surface area contributed by atoms with Gasteiger partial charge in [0.15, 0.2) is 0 Å². The number of piperidine rings is 1. The molecule has 0 amide bonds. The van der Waals surface area contributed by atoms with Crippen molar-refractivity contribution in [2.45, 2.75) is 38.5 Å². The van der Waals surface area contributed by atoms with Crippen molar-refractivity contribution in [3.63, 3.8) is 0 Å². The molecule has 1 aliphatic heterocycles. The number of likely N-dealkylation sites (tertiary alicyclic amines) is 1. The molecule has 0 spiro atoms. The van der Waals surface area contributed by atoms with Crippen LogP contribution in [-0.4, -0.2) is 41.4 Å². The van der Waals surface area contributed by atoms with Crippen molar-refractivity contribution < 1.29 is 9.50 Å². The van der Waals surface area contributed by atoms with Gasteiger partial charge in [-0.3, -0.25) is 0 Å². The summed E-state index contributed by atoms with van der Waals surface area (Å²) in [6.45, 7) is 5.82. The zero-order valence-electron chi connectivity index (χ0n) is 7.89. The second kappa shape index (κ2) is 3.71. The van der Waals surface area contributed by atoms with Crippen LogP contribution >= 0.6 is 0 Å². The van der Waals surface area contributed by atoms with Gasteiger partial charge in [0.05, 0.1) is 5.60 Å². The average molecular weight is 175 g/mol. The maximum absolute atomic E-state index is 13.2. The van der Waals surface area contributed by atoms with Crippen molar-refractivity contribution >= 4 is 0 Å². The van der Waals surface area contributed by atoms with Crippen molar-refractivity contribution in [3.8, 4) is 0 Å². The Morgan fingerprint density at radius 3 is 2.83 bits per heavy atom. The van der Waals surface area contributed by atoms with E-state index in [1.807, 2.05) is 0 Å². The third-order valence-electron chi connectivity index (χ3n) is 2.57. The lowest BCUT2D eigenvalue weighted by atomic mass is 9.92. The van der Waals surface area contributed by atoms with E-state index in [1.54, 1.807) is 6.92 Å². The molecule has 3 heteroatoms. The molecule has 0 unspecified atom stereocenters. The Balaban J connectivity index is 2.41. The number of aliphatic hydroxyl groups is 1. The normalized spacial score (nSPS) is 38.5. The zero-order valence-corrected chi connectivity index (χ0v) is 7.89. The molecule has 1 aliphatic rings. The van der Waals surface area contributed by atoms with Crippen molar-refractivity contribution in [3.05, 3.63) is 0 Å². The molecule has 1 saturated heterocycles. The number of hydrogen-bond acceptors (Lipinski definition) is 2. The number of hydrogen-bond donors (Lipinski definition) is 1. The largest absolute Gasteiger partial charge is 0.387 e. The highest BCUT2D eigenvalue weighted by Gasteiger charge is 2.37. The smallest absolute Gasteiger partial charge is 0.141 e. The second-order valence-corrected chi connectivity index (χ2v) is 3.88. The van der Waals surface area contributed by atoms with Crippen LogP contribution in [0.1, 0.15) is 26.7 Å². The van der Waals surface area contributed by atoms with Gasteiger partial charge in [-0.05, 0) is 26.3 Å². The molecule has 0 aliphatic carbocycles. The van der Waals surface area contributed by atoms with Crippen LogP contribution in [0.25, 0.3) is 0 Å². The van der Waals surface area contributed by atoms with Crippen molar-refractivity contribution in [2.75, 3.05) is 19.6 Å². The van der Waals surface area contributed by atoms with E-state index in [4.69, 9.17) is 0 Å². The van der Waals surface area contributed by atoms with Gasteiger partial charge < -0.3 is 10.0 Å². The van der Waals surface area contributed by atoms with Gasteiger partial charge in [0.2, 0.25) is 0 Å². The summed E-state index contributed by atoms with van der Waals surface area (Å²) in [4.78, 5) is 2.07. The minimum absolute atomic E-state index is 0.390. The second-order valence-electron chi connectivity index (χ2n) is 3.88. The lowest BCUT2D eigenvalue weighted by molar-refractivity contribution is -0.0709. The molecule has 2 atom stereocenters. The SMILES string of the molecule is CCCN1CC[C@](C)(O)[C@H](F)C1. The fourth-order valence-electron chi connectivity index (χ4n) is 1.58. The molecular formula is C9H18FNO. The van der Waals surface area contributed by atoms with Gasteiger partial charge in [-0.15, -0.1) is 0 Å². The molecule has 12 heavy (non-hydrogen) atoms. The molecule has 1 rings (SSSR count). The molecule has 1 heterocycles. The Morgan fingerprint density at radius 1 is 1.67 bits per heavy atom. The minimum atomic E-state index is -1.09. The Morgan fingerprint density at radius 2 is 2.33 bits per heavy atom. The number of nitrogens with zero attached hydrogens (tertiary/aromatic N) is 1. The summed E-state index contributed by atoms with van der Waals surface area (Å²) in [5.74, 6) is 0. The Kier molecular flexibility index (Phi) is 3.07. The summed E-state index contributed by atoms with van der Waals surface area (Å²) in [5.41, 5.74) is -1.09. The maximum Gasteiger partial charge on any atom is 0.141 e. The molecule has 1 fully saturated rings. The van der Waals surface area contributed by atoms with E-state index in [2.05, 4.69) is 11.8 Å². The van der Waals surface area contributed by atoms with Crippen LogP contribution in [0.15, 0.2) is 0 Å². The summed E-state index contributed by atoms with van der Waals surface area (Å²) in [6.07, 6.45) is 0.515. The topological polar surface area (TPSA) is 23.5 Å². The molecule has 0 saturated carbocycles. The standard InChI is InChI=1S/C9H18FNO/c1-3-5-11-6-4-9(2,12)8(10)7-11/h8,12H,3-7H2,1-2H3/t8-,9+/m1/s1. The Labute approximate surface area is 73.4 Å². The Bertz CT molecular complexity index is 149. The highest BCUT2D eigenvalue weighted by Crippen LogP contribution is 2.24. The lowest BCUT2D eigenvalue weighted by Crippen LogP contribution is -2.51. The molecule has 0 radical (unpaired) electrons. The van der Waals surface area contributed by atoms with Gasteiger partial charge in [-0.1, -0.05) is 6.92 Å². The van der Waals surface area contributed by atoms with E-state index >= 15 is 0 Å². The summed E-state index contributed by atoms with van der Waals surface area (Å²) in [7, 11) is 0. The van der Waals surface area contributed by atoms with E-state index in [-0.39, 0.29) is 0 Å². The molecule has 2 nitrogen and oxygen atoms in total. The van der Waals surface area contributed by atoms with Crippen LogP contribution in [0.3, 0.4) is 0 Å². The van der Waals surface area contributed by atoms with Crippen LogP contribution in [-0.2, 0) is 0 Å². The molecule has 0 bridgehead atoms. The van der Waals surface area contributed by atoms with Crippen LogP contribution in [0.5, 0.6) is 0 Å². The van der Waals surface area contributed by atoms with E-state index < -0.39 is 11.8 Å². The fraction of sp³-hybridized carbons (Fsp3) is 1.00. The maximum atomic E-state index is 13.2. The molecule has 72 valence electrons. The first-order valence-corrected chi connectivity index (χ1v) is 4.65. The van der Waals surface area contributed by atoms with Gasteiger partial charge >= 0.3 is 0 Å². The Hall–Kier alpha value is -0.150. The van der Waals surface area contributed by atoms with Crippen molar-refractivity contribution in [2.24, 2.45) is 0 Å². The summed E-state index contributed by atoms with van der Waals surface area (Å²) < 4.78 is 13.2. The first-order valence-electron chi connectivity index (χ1n) is 4.65. The van der Waals surface area contributed by atoms with E-state index in [0.29, 0.717) is 13.0 Å². The van der Waals surface area contributed by atoms with Gasteiger partial charge in [0, 0.05) is 13.1 Å². The van der Waals surface area contributed by atoms with Crippen LogP contribution in [0.2, 0.25) is 0 Å². The molecule has 0 aromatic rings. The summed E-state index contributed by atoms with van der Waals surface area (Å²) in [5, 5.41) is 9.53. The first kappa shape index (κ1) is 9.93. The summed E-state index contributed by atoms with van der Waals surface area (Å²) in [6, 6.07) is 0. The van der Waals surface area contributed by atoms with Gasteiger partial charge in [-0.25, -0.2) is 4.39 Å². The number of alkyl halides is 1. The van der Waals surface area contributed by atoms with Crippen LogP contribution < -0.4 is 0 Å². The van der Waals surface area contributed by atoms with Crippen molar-refractivity contribution in [1.82, 2.24) is 4.90 Å². The molecule has 0 aromatic heterocycles. The van der Waals surface area contributed by atoms with Gasteiger partial charge in [-0.2, -0.15) is 0 Å². The van der Waals surface area contributed by atoms with E-state index in [1.165, 1.54) is 0 Å². The van der Waals surface area contributed by atoms with Crippen LogP contribution in [0.4, 0.5) is 4.39 Å². The van der Waals surface area contributed by atoms with Crippen LogP contribution in [0, 0.1) is 0 Å². The third-order valence-corrected chi connectivity index (χ3v) is 2.57. The monoisotopic (exact) mass is 175 g/mol. The van der Waals surface area contributed by atoms with E-state index in [0.717, 1.165) is 19.5 Å². The average Bonchev–Trinajstić information content (AvgIpc) is 1.98. The fourth-order valence-corrected chi connectivity index (χ4v) is 1.58. The quantitative estimate of drug-likeness (QED) is 0.681. The summed E-state index contributed by atoms with van der Waals surface area (Å²) >= 11 is 0. The number of halogens is 1. The van der Waals surface area contributed by atoms with Gasteiger partial charge in [0.1, 0.15) is 6.17 Å². The minimum Gasteiger partial charge on any atom is -0.387 e.